The predicted molar refractivity (Wildman–Crippen MR) is 145 cm³/mol. The van der Waals surface area contributed by atoms with Crippen LogP contribution in [0.5, 0.6) is 0 Å². The van der Waals surface area contributed by atoms with Crippen molar-refractivity contribution >= 4 is 23.4 Å². The first-order chi connectivity index (χ1) is 17.4. The highest BCUT2D eigenvalue weighted by molar-refractivity contribution is 5.97. The number of rotatable bonds is 9. The minimum absolute atomic E-state index is 0.117. The molecule has 0 aliphatic heterocycles. The van der Waals surface area contributed by atoms with E-state index in [-0.39, 0.29) is 17.9 Å². The summed E-state index contributed by atoms with van der Waals surface area (Å²) < 4.78 is 0. The summed E-state index contributed by atoms with van der Waals surface area (Å²) in [5.41, 5.74) is 4.01. The van der Waals surface area contributed by atoms with Crippen LogP contribution >= 0.6 is 0 Å². The number of hydrogen-bond donors (Lipinski definition) is 2. The maximum atomic E-state index is 13.0. The monoisotopic (exact) mass is 485 g/mol. The smallest absolute Gasteiger partial charge is 0.336 e. The molecule has 188 valence electrons. The molecular weight excluding hydrogens is 450 g/mol. The fourth-order valence-corrected chi connectivity index (χ4v) is 4.98. The number of carboxylic acid groups (broad SMARTS) is 1. The lowest BCUT2D eigenvalue weighted by Crippen LogP contribution is -2.38. The quantitative estimate of drug-likeness (QED) is 0.362. The lowest BCUT2D eigenvalue weighted by molar-refractivity contribution is -0.115. The Labute approximate surface area is 213 Å². The van der Waals surface area contributed by atoms with Crippen LogP contribution in [0.4, 0.5) is 11.5 Å². The van der Waals surface area contributed by atoms with Crippen LogP contribution in [-0.4, -0.2) is 34.6 Å². The van der Waals surface area contributed by atoms with Crippen molar-refractivity contribution in [1.82, 2.24) is 4.98 Å². The molecule has 2 aromatic carbocycles. The van der Waals surface area contributed by atoms with Crippen LogP contribution in [0.2, 0.25) is 0 Å². The van der Waals surface area contributed by atoms with E-state index in [9.17, 15) is 14.7 Å². The molecule has 6 nitrogen and oxygen atoms in total. The van der Waals surface area contributed by atoms with Crippen molar-refractivity contribution in [1.29, 1.82) is 0 Å². The van der Waals surface area contributed by atoms with E-state index in [4.69, 9.17) is 4.98 Å². The van der Waals surface area contributed by atoms with Gasteiger partial charge in [-0.1, -0.05) is 74.2 Å². The fourth-order valence-electron chi connectivity index (χ4n) is 4.98. The predicted octanol–water partition coefficient (Wildman–Crippen LogP) is 6.49. The second-order valence-corrected chi connectivity index (χ2v) is 9.65. The first-order valence-electron chi connectivity index (χ1n) is 12.9. The zero-order chi connectivity index (χ0) is 25.5. The third kappa shape index (κ3) is 6.30. The normalized spacial score (nSPS) is 13.8. The maximum Gasteiger partial charge on any atom is 0.336 e. The molecule has 6 heteroatoms. The van der Waals surface area contributed by atoms with Crippen LogP contribution in [0, 0.1) is 6.92 Å². The van der Waals surface area contributed by atoms with E-state index in [0.29, 0.717) is 23.0 Å². The molecule has 0 spiro atoms. The summed E-state index contributed by atoms with van der Waals surface area (Å²) in [6, 6.07) is 18.9. The minimum atomic E-state index is -1.000. The van der Waals surface area contributed by atoms with Gasteiger partial charge >= 0.3 is 5.97 Å². The number of amides is 1. The number of carbonyl (C=O) groups is 2. The molecule has 4 rings (SSSR count). The molecule has 0 radical (unpaired) electrons. The van der Waals surface area contributed by atoms with Crippen molar-refractivity contribution in [3.05, 3.63) is 77.4 Å². The lowest BCUT2D eigenvalue weighted by atomic mass is 9.94. The number of nitrogens with zero attached hydrogens (tertiary/aromatic N) is 2. The molecule has 36 heavy (non-hydrogen) atoms. The van der Waals surface area contributed by atoms with Gasteiger partial charge < -0.3 is 15.3 Å². The van der Waals surface area contributed by atoms with Gasteiger partial charge in [-0.3, -0.25) is 4.79 Å². The summed E-state index contributed by atoms with van der Waals surface area (Å²) in [6.07, 6.45) is 7.14. The highest BCUT2D eigenvalue weighted by Crippen LogP contribution is 2.32. The standard InChI is InChI=1S/C30H35N3O3/c1-3-17-33(24-9-5-4-6-10-24)28-20-23(31-29(34)18-22-15-13-21(2)14-16-22)19-27(32-28)25-11-7-8-12-26(25)30(35)36/h7-8,11-16,19-20,24H,3-6,9-10,17-18H2,1-2H3,(H,35,36)(H,31,32,34). The van der Waals surface area contributed by atoms with E-state index in [1.165, 1.54) is 19.3 Å². The van der Waals surface area contributed by atoms with Gasteiger partial charge in [0.05, 0.1) is 17.7 Å². The number of pyridine rings is 1. The van der Waals surface area contributed by atoms with Crippen LogP contribution < -0.4 is 10.2 Å². The Hall–Kier alpha value is -3.67. The van der Waals surface area contributed by atoms with Crippen molar-refractivity contribution in [3.8, 4) is 11.3 Å². The molecule has 1 aliphatic rings. The SMILES string of the molecule is CCCN(c1cc(NC(=O)Cc2ccc(C)cc2)cc(-c2ccccc2C(=O)O)n1)C1CCCCC1. The average Bonchev–Trinajstić information content (AvgIpc) is 2.89. The number of carboxylic acids is 1. The Morgan fingerprint density at radius 3 is 2.44 bits per heavy atom. The third-order valence-corrected chi connectivity index (χ3v) is 6.79. The van der Waals surface area contributed by atoms with Gasteiger partial charge in [-0.05, 0) is 43.9 Å². The van der Waals surface area contributed by atoms with E-state index in [2.05, 4.69) is 17.1 Å². The molecule has 1 amide bonds. The molecule has 2 N–H and O–H groups in total. The Kier molecular flexibility index (Phi) is 8.36. The molecule has 0 saturated heterocycles. The number of benzene rings is 2. The molecule has 0 atom stereocenters. The highest BCUT2D eigenvalue weighted by atomic mass is 16.4. The number of nitrogens with one attached hydrogen (secondary N) is 1. The Bertz CT molecular complexity index is 1200. The highest BCUT2D eigenvalue weighted by Gasteiger charge is 2.24. The molecule has 1 aliphatic carbocycles. The minimum Gasteiger partial charge on any atom is -0.478 e. The van der Waals surface area contributed by atoms with Gasteiger partial charge in [0, 0.05) is 29.9 Å². The largest absolute Gasteiger partial charge is 0.478 e. The number of aryl methyl sites for hydroxylation is 1. The van der Waals surface area contributed by atoms with Crippen LogP contribution in [0.25, 0.3) is 11.3 Å². The zero-order valence-corrected chi connectivity index (χ0v) is 21.2. The average molecular weight is 486 g/mol. The molecule has 0 bridgehead atoms. The Balaban J connectivity index is 1.71. The van der Waals surface area contributed by atoms with Crippen LogP contribution in [0.15, 0.2) is 60.7 Å². The number of anilines is 2. The van der Waals surface area contributed by atoms with Gasteiger partial charge in [0.2, 0.25) is 5.91 Å². The maximum absolute atomic E-state index is 13.0. The summed E-state index contributed by atoms with van der Waals surface area (Å²) in [4.78, 5) is 32.2. The van der Waals surface area contributed by atoms with Crippen molar-refractivity contribution in [2.24, 2.45) is 0 Å². The van der Waals surface area contributed by atoms with Gasteiger partial charge in [0.15, 0.2) is 0 Å². The number of aromatic carboxylic acids is 1. The second-order valence-electron chi connectivity index (χ2n) is 9.65. The molecule has 1 heterocycles. The van der Waals surface area contributed by atoms with Crippen molar-refractivity contribution in [2.75, 3.05) is 16.8 Å². The summed E-state index contributed by atoms with van der Waals surface area (Å²) in [6.45, 7) is 5.04. The van der Waals surface area contributed by atoms with Crippen LogP contribution in [-0.2, 0) is 11.2 Å². The number of aromatic nitrogens is 1. The first kappa shape index (κ1) is 25.4. The zero-order valence-electron chi connectivity index (χ0n) is 21.2. The third-order valence-electron chi connectivity index (χ3n) is 6.79. The molecule has 3 aromatic rings. The number of hydrogen-bond acceptors (Lipinski definition) is 4. The van der Waals surface area contributed by atoms with Crippen LogP contribution in [0.1, 0.15) is 66.9 Å². The Morgan fingerprint density at radius 1 is 1.03 bits per heavy atom. The van der Waals surface area contributed by atoms with E-state index in [1.54, 1.807) is 24.3 Å². The summed E-state index contributed by atoms with van der Waals surface area (Å²) >= 11 is 0. The lowest BCUT2D eigenvalue weighted by Gasteiger charge is -2.35. The van der Waals surface area contributed by atoms with Crippen LogP contribution in [0.3, 0.4) is 0 Å². The van der Waals surface area contributed by atoms with Gasteiger partial charge in [0.25, 0.3) is 0 Å². The fraction of sp³-hybridized carbons (Fsp3) is 0.367. The number of carbonyl (C=O) groups excluding carboxylic acids is 1. The molecule has 1 fully saturated rings. The molecular formula is C30H35N3O3. The van der Waals surface area contributed by atoms with Gasteiger partial charge in [-0.25, -0.2) is 9.78 Å². The van der Waals surface area contributed by atoms with Gasteiger partial charge in [-0.15, -0.1) is 0 Å². The van der Waals surface area contributed by atoms with E-state index < -0.39 is 5.97 Å². The van der Waals surface area contributed by atoms with Crippen molar-refractivity contribution < 1.29 is 14.7 Å². The van der Waals surface area contributed by atoms with Crippen molar-refractivity contribution in [3.63, 3.8) is 0 Å². The van der Waals surface area contributed by atoms with Gasteiger partial charge in [-0.2, -0.15) is 0 Å². The molecule has 1 aromatic heterocycles. The Morgan fingerprint density at radius 2 is 1.75 bits per heavy atom. The van der Waals surface area contributed by atoms with E-state index >= 15 is 0 Å². The summed E-state index contributed by atoms with van der Waals surface area (Å²) in [5.74, 6) is -0.333. The summed E-state index contributed by atoms with van der Waals surface area (Å²) in [5, 5.41) is 12.8. The summed E-state index contributed by atoms with van der Waals surface area (Å²) in [7, 11) is 0. The van der Waals surface area contributed by atoms with Gasteiger partial charge in [0.1, 0.15) is 5.82 Å². The second kappa shape index (κ2) is 11.8. The molecule has 1 saturated carbocycles. The molecule has 0 unspecified atom stereocenters. The topological polar surface area (TPSA) is 82.5 Å². The van der Waals surface area contributed by atoms with E-state index in [1.807, 2.05) is 43.3 Å². The van der Waals surface area contributed by atoms with E-state index in [0.717, 1.165) is 42.8 Å². The first-order valence-corrected chi connectivity index (χ1v) is 12.9. The van der Waals surface area contributed by atoms with Crippen molar-refractivity contribution in [2.45, 2.75) is 64.8 Å².